The maximum absolute atomic E-state index is 11.0. The summed E-state index contributed by atoms with van der Waals surface area (Å²) in [6.45, 7) is 5.13. The van der Waals surface area contributed by atoms with Gasteiger partial charge in [-0.2, -0.15) is 0 Å². The van der Waals surface area contributed by atoms with Gasteiger partial charge in [-0.05, 0) is 25.2 Å². The fourth-order valence-electron chi connectivity index (χ4n) is 2.55. The molecule has 0 aliphatic heterocycles. The van der Waals surface area contributed by atoms with Gasteiger partial charge in [0.15, 0.2) is 0 Å². The molecule has 0 saturated heterocycles. The molecular weight excluding hydrogens is 208 g/mol. The lowest BCUT2D eigenvalue weighted by atomic mass is 9.74. The molecule has 0 spiro atoms. The summed E-state index contributed by atoms with van der Waals surface area (Å²) in [6.07, 6.45) is 2.32. The van der Waals surface area contributed by atoms with Gasteiger partial charge in [0.25, 0.3) is 0 Å². The van der Waals surface area contributed by atoms with Crippen molar-refractivity contribution >= 4 is 5.97 Å². The van der Waals surface area contributed by atoms with Crippen LogP contribution in [0.3, 0.4) is 0 Å². The molecule has 0 heterocycles. The Morgan fingerprint density at radius 3 is 2.62 bits per heavy atom. The molecule has 0 aromatic rings. The zero-order valence-electron chi connectivity index (χ0n) is 10.3. The van der Waals surface area contributed by atoms with Gasteiger partial charge in [0, 0.05) is 12.8 Å². The van der Waals surface area contributed by atoms with E-state index in [2.05, 4.69) is 0 Å². The summed E-state index contributed by atoms with van der Waals surface area (Å²) in [5, 5.41) is 20.4. The molecule has 4 nitrogen and oxygen atoms in total. The first-order valence-corrected chi connectivity index (χ1v) is 6.01. The number of aliphatic hydroxyl groups is 2. The van der Waals surface area contributed by atoms with Crippen molar-refractivity contribution < 1.29 is 19.7 Å². The quantitative estimate of drug-likeness (QED) is 0.569. The summed E-state index contributed by atoms with van der Waals surface area (Å²) in [7, 11) is 0. The molecule has 4 unspecified atom stereocenters. The largest absolute Gasteiger partial charge is 0.430 e. The lowest BCUT2D eigenvalue weighted by Crippen LogP contribution is -2.57. The maximum Gasteiger partial charge on any atom is 0.305 e. The monoisotopic (exact) mass is 230 g/mol. The lowest BCUT2D eigenvalue weighted by molar-refractivity contribution is -0.293. The number of carbonyl (C=O) groups is 1. The normalized spacial score (nSPS) is 39.4. The Bertz CT molecular complexity index is 253. The molecule has 1 aliphatic rings. The van der Waals surface area contributed by atoms with Gasteiger partial charge in [-0.1, -0.05) is 20.3 Å². The van der Waals surface area contributed by atoms with Crippen LogP contribution in [0.5, 0.6) is 0 Å². The maximum atomic E-state index is 11.0. The summed E-state index contributed by atoms with van der Waals surface area (Å²) in [5.74, 6) is -2.44. The van der Waals surface area contributed by atoms with Gasteiger partial charge >= 0.3 is 5.97 Å². The van der Waals surface area contributed by atoms with Crippen molar-refractivity contribution in [2.24, 2.45) is 11.8 Å². The molecule has 94 valence electrons. The van der Waals surface area contributed by atoms with E-state index in [9.17, 15) is 15.0 Å². The van der Waals surface area contributed by atoms with Crippen LogP contribution >= 0.6 is 0 Å². The number of hydrogen-bond donors (Lipinski definition) is 2. The average molecular weight is 230 g/mol. The fraction of sp³-hybridized carbons (Fsp3) is 0.917. The SMILES string of the molecule is CCCC1CCC(C)C(O)C1(O)OC(C)=O. The Hall–Kier alpha value is -0.610. The molecule has 0 bridgehead atoms. The van der Waals surface area contributed by atoms with Crippen molar-refractivity contribution in [3.8, 4) is 0 Å². The molecule has 0 aromatic heterocycles. The first-order chi connectivity index (χ1) is 7.41. The smallest absolute Gasteiger partial charge is 0.305 e. The van der Waals surface area contributed by atoms with E-state index in [-0.39, 0.29) is 11.8 Å². The molecule has 0 amide bonds. The second kappa shape index (κ2) is 5.15. The zero-order chi connectivity index (χ0) is 12.3. The third-order valence-corrected chi connectivity index (χ3v) is 3.46. The highest BCUT2D eigenvalue weighted by atomic mass is 16.7. The van der Waals surface area contributed by atoms with E-state index in [4.69, 9.17) is 4.74 Å². The Morgan fingerprint density at radius 2 is 2.12 bits per heavy atom. The summed E-state index contributed by atoms with van der Waals surface area (Å²) in [4.78, 5) is 11.0. The number of carbonyl (C=O) groups excluding carboxylic acids is 1. The van der Waals surface area contributed by atoms with Crippen LogP contribution in [-0.2, 0) is 9.53 Å². The molecule has 16 heavy (non-hydrogen) atoms. The molecule has 0 aromatic carbocycles. The van der Waals surface area contributed by atoms with Crippen LogP contribution in [0.15, 0.2) is 0 Å². The minimum absolute atomic E-state index is 0.0440. The Morgan fingerprint density at radius 1 is 1.50 bits per heavy atom. The van der Waals surface area contributed by atoms with Crippen molar-refractivity contribution in [3.63, 3.8) is 0 Å². The molecule has 1 fully saturated rings. The summed E-state index contributed by atoms with van der Waals surface area (Å²) < 4.78 is 4.99. The number of hydrogen-bond acceptors (Lipinski definition) is 4. The number of aliphatic hydroxyl groups excluding tert-OH is 1. The van der Waals surface area contributed by atoms with Gasteiger partial charge in [-0.15, -0.1) is 0 Å². The average Bonchev–Trinajstić information content (AvgIpc) is 2.19. The first kappa shape index (κ1) is 13.5. The molecule has 1 saturated carbocycles. The molecular formula is C12H22O4. The van der Waals surface area contributed by atoms with E-state index in [1.807, 2.05) is 13.8 Å². The zero-order valence-corrected chi connectivity index (χ0v) is 10.3. The van der Waals surface area contributed by atoms with Crippen molar-refractivity contribution in [1.29, 1.82) is 0 Å². The summed E-state index contributed by atoms with van der Waals surface area (Å²) in [6, 6.07) is 0. The highest BCUT2D eigenvalue weighted by Gasteiger charge is 2.51. The third kappa shape index (κ3) is 2.55. The second-order valence-corrected chi connectivity index (χ2v) is 4.83. The van der Waals surface area contributed by atoms with Gasteiger partial charge in [0.1, 0.15) is 6.10 Å². The molecule has 0 radical (unpaired) electrons. The van der Waals surface area contributed by atoms with Crippen LogP contribution in [0.1, 0.15) is 46.5 Å². The highest BCUT2D eigenvalue weighted by Crippen LogP contribution is 2.40. The van der Waals surface area contributed by atoms with Gasteiger partial charge in [-0.3, -0.25) is 4.79 Å². The lowest BCUT2D eigenvalue weighted by Gasteiger charge is -2.45. The van der Waals surface area contributed by atoms with E-state index in [1.54, 1.807) is 0 Å². The Kier molecular flexibility index (Phi) is 4.33. The van der Waals surface area contributed by atoms with E-state index in [1.165, 1.54) is 6.92 Å². The van der Waals surface area contributed by atoms with Crippen LogP contribution in [-0.4, -0.2) is 28.1 Å². The van der Waals surface area contributed by atoms with E-state index < -0.39 is 17.9 Å². The summed E-state index contributed by atoms with van der Waals surface area (Å²) >= 11 is 0. The Balaban J connectivity index is 2.87. The van der Waals surface area contributed by atoms with E-state index in [0.29, 0.717) is 0 Å². The fourth-order valence-corrected chi connectivity index (χ4v) is 2.55. The van der Waals surface area contributed by atoms with Crippen molar-refractivity contribution in [2.45, 2.75) is 58.3 Å². The van der Waals surface area contributed by atoms with Crippen LogP contribution in [0.2, 0.25) is 0 Å². The van der Waals surface area contributed by atoms with E-state index in [0.717, 1.165) is 25.7 Å². The first-order valence-electron chi connectivity index (χ1n) is 6.01. The topological polar surface area (TPSA) is 66.8 Å². The second-order valence-electron chi connectivity index (χ2n) is 4.83. The number of rotatable bonds is 3. The molecule has 4 heteroatoms. The van der Waals surface area contributed by atoms with Crippen molar-refractivity contribution in [3.05, 3.63) is 0 Å². The van der Waals surface area contributed by atoms with Crippen LogP contribution < -0.4 is 0 Å². The van der Waals surface area contributed by atoms with Crippen LogP contribution in [0.4, 0.5) is 0 Å². The molecule has 4 atom stereocenters. The van der Waals surface area contributed by atoms with Gasteiger partial charge in [0.05, 0.1) is 0 Å². The van der Waals surface area contributed by atoms with Gasteiger partial charge in [0.2, 0.25) is 5.79 Å². The minimum atomic E-state index is -1.69. The standard InChI is InChI=1S/C12H22O4/c1-4-5-10-7-6-8(2)11(14)12(10,15)16-9(3)13/h8,10-11,14-15H,4-7H2,1-3H3. The minimum Gasteiger partial charge on any atom is -0.430 e. The number of ether oxygens (including phenoxy) is 1. The molecule has 1 rings (SSSR count). The van der Waals surface area contributed by atoms with Gasteiger partial charge in [-0.25, -0.2) is 0 Å². The van der Waals surface area contributed by atoms with E-state index >= 15 is 0 Å². The van der Waals surface area contributed by atoms with Crippen molar-refractivity contribution in [2.75, 3.05) is 0 Å². The van der Waals surface area contributed by atoms with Gasteiger partial charge < -0.3 is 14.9 Å². The third-order valence-electron chi connectivity index (χ3n) is 3.46. The molecule has 2 N–H and O–H groups in total. The summed E-state index contributed by atoms with van der Waals surface area (Å²) in [5.41, 5.74) is 0. The van der Waals surface area contributed by atoms with Crippen LogP contribution in [0, 0.1) is 11.8 Å². The highest BCUT2D eigenvalue weighted by molar-refractivity contribution is 5.66. The number of esters is 1. The Labute approximate surface area is 96.6 Å². The molecule has 1 aliphatic carbocycles. The van der Waals surface area contributed by atoms with Crippen molar-refractivity contribution in [1.82, 2.24) is 0 Å². The van der Waals surface area contributed by atoms with Crippen LogP contribution in [0.25, 0.3) is 0 Å². The predicted octanol–water partition coefficient (Wildman–Crippen LogP) is 1.45. The predicted molar refractivity (Wildman–Crippen MR) is 59.5 cm³/mol.